The molecule has 100 valence electrons. The van der Waals surface area contributed by atoms with Crippen LogP contribution < -0.4 is 5.73 Å². The first kappa shape index (κ1) is 13.3. The third kappa shape index (κ3) is 2.68. The van der Waals surface area contributed by atoms with E-state index in [2.05, 4.69) is 4.98 Å². The quantitative estimate of drug-likeness (QED) is 0.832. The van der Waals surface area contributed by atoms with Crippen molar-refractivity contribution in [1.82, 2.24) is 4.98 Å². The number of hydrogen-bond donors (Lipinski definition) is 2. The van der Waals surface area contributed by atoms with Crippen molar-refractivity contribution in [3.8, 4) is 10.6 Å². The van der Waals surface area contributed by atoms with Gasteiger partial charge in [0.25, 0.3) is 0 Å². The Hall–Kier alpha value is -2.09. The lowest BCUT2D eigenvalue weighted by atomic mass is 10.2. The second-order valence-corrected chi connectivity index (χ2v) is 4.62. The van der Waals surface area contributed by atoms with Crippen LogP contribution in [0.25, 0.3) is 10.6 Å². The predicted molar refractivity (Wildman–Crippen MR) is 63.9 cm³/mol. The van der Waals surface area contributed by atoms with E-state index in [0.717, 1.165) is 0 Å². The number of nitrogen functional groups attached to an aromatic ring is 1. The summed E-state index contributed by atoms with van der Waals surface area (Å²) in [6, 6.07) is 6.07. The molecule has 0 saturated heterocycles. The third-order valence-corrected chi connectivity index (χ3v) is 3.32. The van der Waals surface area contributed by atoms with Gasteiger partial charge in [0.15, 0.2) is 5.69 Å². The van der Waals surface area contributed by atoms with Crippen LogP contribution in [-0.4, -0.2) is 16.1 Å². The second kappa shape index (κ2) is 4.54. The molecule has 0 spiro atoms. The first-order chi connectivity index (χ1) is 8.79. The van der Waals surface area contributed by atoms with E-state index in [0.29, 0.717) is 22.6 Å². The fourth-order valence-corrected chi connectivity index (χ4v) is 2.37. The molecule has 0 unspecified atom stereocenters. The van der Waals surface area contributed by atoms with E-state index >= 15 is 0 Å². The highest BCUT2D eigenvalue weighted by molar-refractivity contribution is 7.17. The lowest BCUT2D eigenvalue weighted by Crippen LogP contribution is -2.11. The summed E-state index contributed by atoms with van der Waals surface area (Å²) in [4.78, 5) is 13.4. The van der Waals surface area contributed by atoms with Gasteiger partial charge in [0.05, 0.1) is 0 Å². The number of halogens is 3. The molecule has 0 amide bonds. The van der Waals surface area contributed by atoms with Crippen molar-refractivity contribution in [1.29, 1.82) is 0 Å². The van der Waals surface area contributed by atoms with Gasteiger partial charge in [-0.2, -0.15) is 13.2 Å². The van der Waals surface area contributed by atoms with E-state index in [1.54, 1.807) is 12.1 Å². The molecule has 0 saturated carbocycles. The molecular formula is C11H7F3N2O2S. The minimum atomic E-state index is -4.80. The first-order valence-corrected chi connectivity index (χ1v) is 5.78. The van der Waals surface area contributed by atoms with Gasteiger partial charge < -0.3 is 10.8 Å². The Labute approximate surface area is 109 Å². The number of anilines is 1. The molecule has 0 aliphatic rings. The van der Waals surface area contributed by atoms with Crippen LogP contribution in [0.15, 0.2) is 24.3 Å². The number of hydrogen-bond acceptors (Lipinski definition) is 4. The molecule has 8 heteroatoms. The number of thiazole rings is 1. The summed E-state index contributed by atoms with van der Waals surface area (Å²) < 4.78 is 38.0. The smallest absolute Gasteiger partial charge is 0.435 e. The highest BCUT2D eigenvalue weighted by Crippen LogP contribution is 2.37. The van der Waals surface area contributed by atoms with Crippen molar-refractivity contribution in [2.75, 3.05) is 5.73 Å². The van der Waals surface area contributed by atoms with Gasteiger partial charge in [-0.25, -0.2) is 9.78 Å². The largest absolute Gasteiger partial charge is 0.477 e. The number of rotatable bonds is 2. The summed E-state index contributed by atoms with van der Waals surface area (Å²) in [6.45, 7) is 0. The molecule has 3 N–H and O–H groups in total. The Bertz CT molecular complexity index is 637. The van der Waals surface area contributed by atoms with Crippen molar-refractivity contribution in [3.05, 3.63) is 34.8 Å². The van der Waals surface area contributed by atoms with Crippen LogP contribution in [0.5, 0.6) is 0 Å². The van der Waals surface area contributed by atoms with Crippen LogP contribution in [-0.2, 0) is 6.18 Å². The lowest BCUT2D eigenvalue weighted by Gasteiger charge is -2.02. The monoisotopic (exact) mass is 288 g/mol. The Balaban J connectivity index is 2.58. The van der Waals surface area contributed by atoms with Crippen molar-refractivity contribution in [3.63, 3.8) is 0 Å². The Morgan fingerprint density at radius 3 is 2.53 bits per heavy atom. The van der Waals surface area contributed by atoms with E-state index in [-0.39, 0.29) is 5.01 Å². The average Bonchev–Trinajstić information content (AvgIpc) is 2.73. The van der Waals surface area contributed by atoms with Gasteiger partial charge in [-0.15, -0.1) is 11.3 Å². The summed E-state index contributed by atoms with van der Waals surface area (Å²) in [5.74, 6) is -1.65. The molecular weight excluding hydrogens is 281 g/mol. The second-order valence-electron chi connectivity index (χ2n) is 3.63. The van der Waals surface area contributed by atoms with Crippen LogP contribution >= 0.6 is 11.3 Å². The molecule has 0 atom stereocenters. The molecule has 1 aromatic heterocycles. The van der Waals surface area contributed by atoms with Gasteiger partial charge >= 0.3 is 12.1 Å². The zero-order valence-corrected chi connectivity index (χ0v) is 10.0. The molecule has 2 rings (SSSR count). The zero-order chi connectivity index (χ0) is 14.2. The number of carboxylic acid groups (broad SMARTS) is 1. The molecule has 0 bridgehead atoms. The van der Waals surface area contributed by atoms with Gasteiger partial charge in [-0.1, -0.05) is 12.1 Å². The number of carbonyl (C=O) groups is 1. The molecule has 4 nitrogen and oxygen atoms in total. The van der Waals surface area contributed by atoms with Gasteiger partial charge in [0.1, 0.15) is 9.88 Å². The van der Waals surface area contributed by atoms with Gasteiger partial charge in [-0.3, -0.25) is 0 Å². The fraction of sp³-hybridized carbons (Fsp3) is 0.0909. The van der Waals surface area contributed by atoms with Crippen molar-refractivity contribution >= 4 is 23.0 Å². The standard InChI is InChI=1S/C11H7F3N2O2S/c12-11(13,14)8-7(10(17)18)19-9(16-8)5-2-1-3-6(15)4-5/h1-4H,15H2,(H,17,18). The Kier molecular flexibility index (Phi) is 3.19. The topological polar surface area (TPSA) is 76.2 Å². The van der Waals surface area contributed by atoms with Crippen LogP contribution in [0, 0.1) is 0 Å². The molecule has 2 aromatic rings. The first-order valence-electron chi connectivity index (χ1n) is 4.96. The summed E-state index contributed by atoms with van der Waals surface area (Å²) in [5, 5.41) is 8.76. The summed E-state index contributed by atoms with van der Waals surface area (Å²) in [6.07, 6.45) is -4.80. The van der Waals surface area contributed by atoms with Crippen molar-refractivity contribution in [2.24, 2.45) is 0 Å². The van der Waals surface area contributed by atoms with Crippen LogP contribution in [0.2, 0.25) is 0 Å². The number of aromatic carboxylic acids is 1. The van der Waals surface area contributed by atoms with Crippen LogP contribution in [0.1, 0.15) is 15.4 Å². The maximum Gasteiger partial charge on any atom is 0.435 e. The van der Waals surface area contributed by atoms with Gasteiger partial charge in [-0.05, 0) is 12.1 Å². The molecule has 19 heavy (non-hydrogen) atoms. The fourth-order valence-electron chi connectivity index (χ4n) is 1.45. The molecule has 0 aliphatic heterocycles. The van der Waals surface area contributed by atoms with E-state index in [9.17, 15) is 18.0 Å². The third-order valence-electron chi connectivity index (χ3n) is 2.22. The SMILES string of the molecule is Nc1cccc(-c2nc(C(F)(F)F)c(C(=O)O)s2)c1. The molecule has 1 heterocycles. The van der Waals surface area contributed by atoms with Gasteiger partial charge in [0.2, 0.25) is 0 Å². The Morgan fingerprint density at radius 1 is 1.37 bits per heavy atom. The van der Waals surface area contributed by atoms with Crippen LogP contribution in [0.3, 0.4) is 0 Å². The zero-order valence-electron chi connectivity index (χ0n) is 9.23. The highest BCUT2D eigenvalue weighted by Gasteiger charge is 2.39. The number of nitrogens with two attached hydrogens (primary N) is 1. The van der Waals surface area contributed by atoms with Crippen molar-refractivity contribution < 1.29 is 23.1 Å². The highest BCUT2D eigenvalue weighted by atomic mass is 32.1. The minimum Gasteiger partial charge on any atom is -0.477 e. The molecule has 0 fully saturated rings. The van der Waals surface area contributed by atoms with E-state index in [1.807, 2.05) is 0 Å². The molecule has 1 aromatic carbocycles. The van der Waals surface area contributed by atoms with E-state index in [1.165, 1.54) is 12.1 Å². The molecule has 0 aliphatic carbocycles. The summed E-state index contributed by atoms with van der Waals surface area (Å²) >= 11 is 0.470. The summed E-state index contributed by atoms with van der Waals surface area (Å²) in [7, 11) is 0. The number of nitrogens with zero attached hydrogens (tertiary/aromatic N) is 1. The number of benzene rings is 1. The lowest BCUT2D eigenvalue weighted by molar-refractivity contribution is -0.141. The number of aromatic nitrogens is 1. The summed E-state index contributed by atoms with van der Waals surface area (Å²) in [5.41, 5.74) is 4.85. The van der Waals surface area contributed by atoms with Crippen LogP contribution in [0.4, 0.5) is 18.9 Å². The molecule has 0 radical (unpaired) electrons. The predicted octanol–water partition coefficient (Wildman–Crippen LogP) is 3.11. The normalized spacial score (nSPS) is 11.5. The average molecular weight is 288 g/mol. The number of carboxylic acids is 1. The minimum absolute atomic E-state index is 0.0305. The maximum atomic E-state index is 12.7. The Morgan fingerprint density at radius 2 is 2.05 bits per heavy atom. The van der Waals surface area contributed by atoms with E-state index in [4.69, 9.17) is 10.8 Å². The van der Waals surface area contributed by atoms with Crippen molar-refractivity contribution in [2.45, 2.75) is 6.18 Å². The van der Waals surface area contributed by atoms with Gasteiger partial charge in [0, 0.05) is 11.3 Å². The number of alkyl halides is 3. The van der Waals surface area contributed by atoms with E-state index < -0.39 is 22.7 Å². The maximum absolute atomic E-state index is 12.7.